The number of thiazole rings is 1. The van der Waals surface area contributed by atoms with Crippen LogP contribution >= 0.6 is 11.3 Å². The van der Waals surface area contributed by atoms with Crippen LogP contribution in [0.4, 0.5) is 0 Å². The fourth-order valence-electron chi connectivity index (χ4n) is 3.01. The van der Waals surface area contributed by atoms with Crippen molar-refractivity contribution in [1.29, 1.82) is 0 Å². The van der Waals surface area contributed by atoms with Crippen LogP contribution < -0.4 is 10.3 Å². The van der Waals surface area contributed by atoms with Gasteiger partial charge in [0, 0.05) is 37.2 Å². The van der Waals surface area contributed by atoms with E-state index in [4.69, 9.17) is 4.74 Å². The predicted octanol–water partition coefficient (Wildman–Crippen LogP) is 2.19. The number of aromatic nitrogens is 2. The summed E-state index contributed by atoms with van der Waals surface area (Å²) in [4.78, 5) is 19.5. The maximum Gasteiger partial charge on any atom is 0.258 e. The van der Waals surface area contributed by atoms with Crippen LogP contribution in [0.2, 0.25) is 0 Å². The molecule has 0 spiro atoms. The Labute approximate surface area is 137 Å². The summed E-state index contributed by atoms with van der Waals surface area (Å²) < 4.78 is 7.55. The smallest absolute Gasteiger partial charge is 0.258 e. The number of rotatable bonds is 4. The summed E-state index contributed by atoms with van der Waals surface area (Å²) in [5.74, 6) is 0.988. The molecule has 6 heteroatoms. The van der Waals surface area contributed by atoms with Crippen LogP contribution in [-0.4, -0.2) is 34.0 Å². The van der Waals surface area contributed by atoms with E-state index in [9.17, 15) is 4.79 Å². The number of fused-ring (bicyclic) bond motifs is 2. The molecule has 5 nitrogen and oxygen atoms in total. The number of hydrogen-bond acceptors (Lipinski definition) is 5. The van der Waals surface area contributed by atoms with Gasteiger partial charge in [0.2, 0.25) is 0 Å². The van der Waals surface area contributed by atoms with Crippen molar-refractivity contribution in [2.75, 3.05) is 13.6 Å². The Bertz CT molecular complexity index is 877. The first kappa shape index (κ1) is 14.4. The van der Waals surface area contributed by atoms with Gasteiger partial charge in [-0.2, -0.15) is 0 Å². The van der Waals surface area contributed by atoms with Gasteiger partial charge in [0.25, 0.3) is 5.56 Å². The summed E-state index contributed by atoms with van der Waals surface area (Å²) in [6, 6.07) is 9.78. The fourth-order valence-corrected chi connectivity index (χ4v) is 3.75. The van der Waals surface area contributed by atoms with Gasteiger partial charge in [-0.25, -0.2) is 4.98 Å². The third kappa shape index (κ3) is 2.87. The van der Waals surface area contributed by atoms with Crippen LogP contribution in [-0.2, 0) is 13.0 Å². The minimum Gasteiger partial charge on any atom is -0.488 e. The molecule has 1 aromatic carbocycles. The fraction of sp³-hybridized carbons (Fsp3) is 0.294. The van der Waals surface area contributed by atoms with Crippen molar-refractivity contribution in [2.24, 2.45) is 0 Å². The number of ether oxygens (including phenoxy) is 1. The molecular formula is C17H17N3O2S. The van der Waals surface area contributed by atoms with E-state index in [-0.39, 0.29) is 11.7 Å². The van der Waals surface area contributed by atoms with Crippen LogP contribution in [0.3, 0.4) is 0 Å². The van der Waals surface area contributed by atoms with Crippen molar-refractivity contribution in [3.05, 3.63) is 63.5 Å². The Balaban J connectivity index is 1.44. The lowest BCUT2D eigenvalue weighted by atomic mass is 10.1. The second kappa shape index (κ2) is 5.79. The summed E-state index contributed by atoms with van der Waals surface area (Å²) in [6.07, 6.45) is 2.84. The molecule has 4 rings (SSSR count). The normalized spacial score (nSPS) is 16.7. The Kier molecular flexibility index (Phi) is 3.63. The maximum absolute atomic E-state index is 12.0. The van der Waals surface area contributed by atoms with Crippen molar-refractivity contribution in [3.8, 4) is 5.75 Å². The van der Waals surface area contributed by atoms with Gasteiger partial charge >= 0.3 is 0 Å². The van der Waals surface area contributed by atoms with Crippen molar-refractivity contribution in [2.45, 2.75) is 19.1 Å². The number of nitrogens with zero attached hydrogens (tertiary/aromatic N) is 3. The van der Waals surface area contributed by atoms with Gasteiger partial charge in [-0.15, -0.1) is 11.3 Å². The Morgan fingerprint density at radius 2 is 2.30 bits per heavy atom. The van der Waals surface area contributed by atoms with Crippen molar-refractivity contribution < 1.29 is 4.74 Å². The zero-order valence-electron chi connectivity index (χ0n) is 12.8. The number of benzene rings is 1. The van der Waals surface area contributed by atoms with E-state index in [1.165, 1.54) is 16.9 Å². The van der Waals surface area contributed by atoms with Crippen LogP contribution in [0.15, 0.2) is 46.7 Å². The molecule has 0 saturated carbocycles. The molecule has 0 bridgehead atoms. The van der Waals surface area contributed by atoms with Gasteiger partial charge in [0.05, 0.1) is 5.69 Å². The van der Waals surface area contributed by atoms with Gasteiger partial charge in [0.1, 0.15) is 11.9 Å². The minimum atomic E-state index is -0.0239. The van der Waals surface area contributed by atoms with Crippen LogP contribution in [0.1, 0.15) is 11.3 Å². The lowest BCUT2D eigenvalue weighted by Gasteiger charge is -2.20. The third-order valence-electron chi connectivity index (χ3n) is 4.02. The molecule has 3 heterocycles. The Morgan fingerprint density at radius 3 is 3.17 bits per heavy atom. The summed E-state index contributed by atoms with van der Waals surface area (Å²) in [5.41, 5.74) is 2.04. The topological polar surface area (TPSA) is 46.8 Å². The highest BCUT2D eigenvalue weighted by molar-refractivity contribution is 7.15. The van der Waals surface area contributed by atoms with E-state index in [1.54, 1.807) is 16.7 Å². The molecule has 1 unspecified atom stereocenters. The second-order valence-corrected chi connectivity index (χ2v) is 6.76. The second-order valence-electron chi connectivity index (χ2n) is 5.89. The first-order chi connectivity index (χ1) is 11.2. The first-order valence-corrected chi connectivity index (χ1v) is 8.46. The van der Waals surface area contributed by atoms with Gasteiger partial charge < -0.3 is 4.74 Å². The molecule has 0 fully saturated rings. The van der Waals surface area contributed by atoms with E-state index < -0.39 is 0 Å². The molecule has 0 radical (unpaired) electrons. The molecule has 1 aliphatic rings. The van der Waals surface area contributed by atoms with E-state index in [0.29, 0.717) is 6.54 Å². The molecule has 1 aliphatic heterocycles. The standard InChI is InChI=1S/C17H17N3O2S/c1-19(11-14-8-12-4-2-3-5-15(12)22-14)10-13-9-16(21)20-6-7-23-17(20)18-13/h2-7,9,14H,8,10-11H2,1H3. The highest BCUT2D eigenvalue weighted by Crippen LogP contribution is 2.28. The summed E-state index contributed by atoms with van der Waals surface area (Å²) in [5, 5.41) is 1.88. The highest BCUT2D eigenvalue weighted by atomic mass is 32.1. The lowest BCUT2D eigenvalue weighted by molar-refractivity contribution is 0.164. The predicted molar refractivity (Wildman–Crippen MR) is 90.2 cm³/mol. The summed E-state index contributed by atoms with van der Waals surface area (Å²) in [7, 11) is 2.03. The van der Waals surface area contributed by atoms with Crippen LogP contribution in [0, 0.1) is 0 Å². The molecule has 0 N–H and O–H groups in total. The molecule has 118 valence electrons. The van der Waals surface area contributed by atoms with E-state index >= 15 is 0 Å². The number of para-hydroxylation sites is 1. The zero-order valence-corrected chi connectivity index (χ0v) is 13.6. The molecule has 0 saturated heterocycles. The van der Waals surface area contributed by atoms with Crippen LogP contribution in [0.25, 0.3) is 4.96 Å². The minimum absolute atomic E-state index is 0.0239. The molecule has 23 heavy (non-hydrogen) atoms. The zero-order chi connectivity index (χ0) is 15.8. The summed E-state index contributed by atoms with van der Waals surface area (Å²) in [6.45, 7) is 1.44. The van der Waals surface area contributed by atoms with Crippen LogP contribution in [0.5, 0.6) is 5.75 Å². The van der Waals surface area contributed by atoms with Gasteiger partial charge in [0.15, 0.2) is 4.96 Å². The van der Waals surface area contributed by atoms with E-state index in [0.717, 1.165) is 29.4 Å². The number of hydrogen-bond donors (Lipinski definition) is 0. The van der Waals surface area contributed by atoms with Gasteiger partial charge in [-0.05, 0) is 18.7 Å². The largest absolute Gasteiger partial charge is 0.488 e. The molecule has 3 aromatic rings. The monoisotopic (exact) mass is 327 g/mol. The van der Waals surface area contributed by atoms with Gasteiger partial charge in [-0.1, -0.05) is 18.2 Å². The summed E-state index contributed by atoms with van der Waals surface area (Å²) >= 11 is 1.48. The molecular weight excluding hydrogens is 310 g/mol. The Hall–Kier alpha value is -2.18. The highest BCUT2D eigenvalue weighted by Gasteiger charge is 2.23. The SMILES string of the molecule is CN(Cc1cc(=O)n2ccsc2n1)CC1Cc2ccccc2O1. The average Bonchev–Trinajstić information content (AvgIpc) is 3.12. The molecule has 1 atom stereocenters. The van der Waals surface area contributed by atoms with E-state index in [1.807, 2.05) is 30.6 Å². The third-order valence-corrected chi connectivity index (χ3v) is 4.77. The average molecular weight is 327 g/mol. The van der Waals surface area contributed by atoms with E-state index in [2.05, 4.69) is 16.0 Å². The lowest BCUT2D eigenvalue weighted by Crippen LogP contribution is -2.32. The maximum atomic E-state index is 12.0. The van der Waals surface area contributed by atoms with Crippen molar-refractivity contribution >= 4 is 16.3 Å². The number of likely N-dealkylation sites (N-methyl/N-ethyl adjacent to an activating group) is 1. The first-order valence-electron chi connectivity index (χ1n) is 7.58. The van der Waals surface area contributed by atoms with Crippen molar-refractivity contribution in [1.82, 2.24) is 14.3 Å². The van der Waals surface area contributed by atoms with Gasteiger partial charge in [-0.3, -0.25) is 14.1 Å². The molecule has 0 amide bonds. The molecule has 0 aliphatic carbocycles. The van der Waals surface area contributed by atoms with Crippen molar-refractivity contribution in [3.63, 3.8) is 0 Å². The quantitative estimate of drug-likeness (QED) is 0.737. The molecule has 2 aromatic heterocycles. The Morgan fingerprint density at radius 1 is 1.43 bits per heavy atom.